The second-order valence-corrected chi connectivity index (χ2v) is 9.25. The third kappa shape index (κ3) is 6.00. The van der Waals surface area contributed by atoms with Gasteiger partial charge in [0, 0.05) is 28.8 Å². The first-order valence-corrected chi connectivity index (χ1v) is 12.0. The van der Waals surface area contributed by atoms with Crippen LogP contribution in [-0.4, -0.2) is 35.0 Å². The van der Waals surface area contributed by atoms with Crippen molar-refractivity contribution in [2.75, 3.05) is 12.4 Å². The van der Waals surface area contributed by atoms with E-state index in [1.54, 1.807) is 24.3 Å². The minimum Gasteiger partial charge on any atom is -0.489 e. The predicted octanol–water partition coefficient (Wildman–Crippen LogP) is 4.74. The molecule has 8 nitrogen and oxygen atoms in total. The van der Waals surface area contributed by atoms with E-state index < -0.39 is 17.8 Å². The topological polar surface area (TPSA) is 115 Å². The molecule has 1 fully saturated rings. The lowest BCUT2D eigenvalue weighted by atomic mass is 9.72. The molecule has 1 amide bonds. The van der Waals surface area contributed by atoms with E-state index in [9.17, 15) is 19.5 Å². The Hall–Kier alpha value is -3.94. The standard InChI is InChI=1S/C28H30N2O6/c1-17-13-19(22-5-3-4-6-25(22)29-17)16-36-21-10-8-20(9-11-21)30-27(32)23-12-7-18(15-26(31)35-2)14-24(23)28(33)34/h3-6,8-11,13,18,23-24H,7,12,14-16H2,1-2H3,(H,30,32)(H,33,34)/t18?,23-,24-/m0/s1. The lowest BCUT2D eigenvalue weighted by molar-refractivity contribution is -0.150. The number of para-hydroxylation sites is 1. The molecule has 0 bridgehead atoms. The average Bonchev–Trinajstić information content (AvgIpc) is 2.87. The maximum atomic E-state index is 12.9. The first-order chi connectivity index (χ1) is 17.3. The summed E-state index contributed by atoms with van der Waals surface area (Å²) in [6.07, 6.45) is 1.46. The highest BCUT2D eigenvalue weighted by Gasteiger charge is 2.40. The Kier molecular flexibility index (Phi) is 7.83. The van der Waals surface area contributed by atoms with Crippen LogP contribution in [0.3, 0.4) is 0 Å². The number of carbonyl (C=O) groups excluding carboxylic acids is 2. The van der Waals surface area contributed by atoms with Gasteiger partial charge in [0.2, 0.25) is 5.91 Å². The monoisotopic (exact) mass is 490 g/mol. The molecule has 1 aliphatic carbocycles. The van der Waals surface area contributed by atoms with Gasteiger partial charge in [0.05, 0.1) is 24.5 Å². The molecule has 2 aromatic carbocycles. The molecular weight excluding hydrogens is 460 g/mol. The molecule has 3 aromatic rings. The van der Waals surface area contributed by atoms with Crippen LogP contribution in [0.1, 0.15) is 36.9 Å². The highest BCUT2D eigenvalue weighted by atomic mass is 16.5. The van der Waals surface area contributed by atoms with Crippen LogP contribution in [0.4, 0.5) is 5.69 Å². The molecule has 36 heavy (non-hydrogen) atoms. The van der Waals surface area contributed by atoms with Gasteiger partial charge in [-0.1, -0.05) is 18.2 Å². The number of esters is 1. The summed E-state index contributed by atoms with van der Waals surface area (Å²) in [6.45, 7) is 2.33. The van der Waals surface area contributed by atoms with E-state index in [0.717, 1.165) is 22.2 Å². The van der Waals surface area contributed by atoms with Crippen LogP contribution in [0, 0.1) is 24.7 Å². The second kappa shape index (κ2) is 11.2. The van der Waals surface area contributed by atoms with Crippen molar-refractivity contribution in [2.24, 2.45) is 17.8 Å². The zero-order valence-corrected chi connectivity index (χ0v) is 20.4. The molecule has 2 N–H and O–H groups in total. The van der Waals surface area contributed by atoms with E-state index in [4.69, 9.17) is 9.47 Å². The van der Waals surface area contributed by atoms with Gasteiger partial charge in [-0.2, -0.15) is 0 Å². The Labute approximate surface area is 209 Å². The number of hydrogen-bond acceptors (Lipinski definition) is 6. The SMILES string of the molecule is COC(=O)CC1CC[C@H](C(=O)Nc2ccc(OCc3cc(C)nc4ccccc34)cc2)[C@@H](C(=O)O)C1. The minimum absolute atomic E-state index is 0.0969. The first-order valence-electron chi connectivity index (χ1n) is 12.0. The summed E-state index contributed by atoms with van der Waals surface area (Å²) in [7, 11) is 1.31. The molecule has 1 saturated carbocycles. The number of pyridine rings is 1. The number of benzene rings is 2. The number of amides is 1. The maximum Gasteiger partial charge on any atom is 0.307 e. The van der Waals surface area contributed by atoms with Gasteiger partial charge in [-0.15, -0.1) is 0 Å². The summed E-state index contributed by atoms with van der Waals surface area (Å²) in [4.78, 5) is 40.9. The number of nitrogens with zero attached hydrogens (tertiary/aromatic N) is 1. The smallest absolute Gasteiger partial charge is 0.307 e. The van der Waals surface area contributed by atoms with Crippen molar-refractivity contribution in [3.63, 3.8) is 0 Å². The minimum atomic E-state index is -1.02. The fourth-order valence-corrected chi connectivity index (χ4v) is 4.89. The molecule has 1 aromatic heterocycles. The van der Waals surface area contributed by atoms with Crippen LogP contribution < -0.4 is 10.1 Å². The molecule has 0 radical (unpaired) electrons. The van der Waals surface area contributed by atoms with Gasteiger partial charge in [0.25, 0.3) is 0 Å². The first kappa shape index (κ1) is 25.2. The summed E-state index contributed by atoms with van der Waals surface area (Å²) in [5.41, 5.74) is 3.45. The van der Waals surface area contributed by atoms with Gasteiger partial charge in [-0.05, 0) is 68.5 Å². The van der Waals surface area contributed by atoms with Crippen LogP contribution >= 0.6 is 0 Å². The summed E-state index contributed by atoms with van der Waals surface area (Å²) in [5, 5.41) is 13.6. The number of rotatable bonds is 8. The van der Waals surface area contributed by atoms with Gasteiger partial charge < -0.3 is 19.9 Å². The van der Waals surface area contributed by atoms with Crippen molar-refractivity contribution < 1.29 is 29.0 Å². The number of carboxylic acid groups (broad SMARTS) is 1. The number of aliphatic carboxylic acids is 1. The largest absolute Gasteiger partial charge is 0.489 e. The molecule has 1 heterocycles. The number of methoxy groups -OCH3 is 1. The summed E-state index contributed by atoms with van der Waals surface area (Å²) < 4.78 is 10.7. The van der Waals surface area contributed by atoms with Crippen molar-refractivity contribution in [2.45, 2.75) is 39.2 Å². The van der Waals surface area contributed by atoms with Crippen molar-refractivity contribution >= 4 is 34.4 Å². The van der Waals surface area contributed by atoms with E-state index in [1.165, 1.54) is 7.11 Å². The van der Waals surface area contributed by atoms with Crippen LogP contribution in [0.5, 0.6) is 5.75 Å². The molecule has 8 heteroatoms. The van der Waals surface area contributed by atoms with Crippen LogP contribution in [0.2, 0.25) is 0 Å². The van der Waals surface area contributed by atoms with Crippen molar-refractivity contribution in [3.05, 3.63) is 65.9 Å². The Morgan fingerprint density at radius 1 is 1.06 bits per heavy atom. The fraction of sp³-hybridized carbons (Fsp3) is 0.357. The average molecular weight is 491 g/mol. The van der Waals surface area contributed by atoms with Crippen LogP contribution in [0.25, 0.3) is 10.9 Å². The number of nitrogens with one attached hydrogen (secondary N) is 1. The quantitative estimate of drug-likeness (QED) is 0.438. The fourth-order valence-electron chi connectivity index (χ4n) is 4.89. The summed E-state index contributed by atoms with van der Waals surface area (Å²) >= 11 is 0. The second-order valence-electron chi connectivity index (χ2n) is 9.25. The lowest BCUT2D eigenvalue weighted by Gasteiger charge is -2.32. The third-order valence-corrected chi connectivity index (χ3v) is 6.74. The molecule has 0 aliphatic heterocycles. The Morgan fingerprint density at radius 2 is 1.81 bits per heavy atom. The van der Waals surface area contributed by atoms with E-state index >= 15 is 0 Å². The normalized spacial score (nSPS) is 19.4. The van der Waals surface area contributed by atoms with Crippen molar-refractivity contribution in [1.29, 1.82) is 0 Å². The zero-order chi connectivity index (χ0) is 25.7. The molecule has 0 saturated heterocycles. The summed E-state index contributed by atoms with van der Waals surface area (Å²) in [6, 6.07) is 17.0. The van der Waals surface area contributed by atoms with Gasteiger partial charge in [0.15, 0.2) is 0 Å². The maximum absolute atomic E-state index is 12.9. The number of hydrogen-bond donors (Lipinski definition) is 2. The Bertz CT molecular complexity index is 1260. The van der Waals surface area contributed by atoms with Crippen LogP contribution in [0.15, 0.2) is 54.6 Å². The number of fused-ring (bicyclic) bond motifs is 1. The molecule has 188 valence electrons. The van der Waals surface area contributed by atoms with Gasteiger partial charge >= 0.3 is 11.9 Å². The van der Waals surface area contributed by atoms with E-state index in [1.807, 2.05) is 37.3 Å². The Balaban J connectivity index is 1.36. The van der Waals surface area contributed by atoms with E-state index in [2.05, 4.69) is 10.3 Å². The Morgan fingerprint density at radius 3 is 2.53 bits per heavy atom. The third-order valence-electron chi connectivity index (χ3n) is 6.74. The number of carbonyl (C=O) groups is 3. The molecule has 1 aliphatic rings. The van der Waals surface area contributed by atoms with E-state index in [-0.39, 0.29) is 30.6 Å². The molecule has 1 unspecified atom stereocenters. The summed E-state index contributed by atoms with van der Waals surface area (Å²) in [5.74, 6) is -2.65. The number of aromatic nitrogens is 1. The molecule has 4 rings (SSSR count). The van der Waals surface area contributed by atoms with Crippen molar-refractivity contribution in [3.8, 4) is 5.75 Å². The van der Waals surface area contributed by atoms with Gasteiger partial charge in [-0.25, -0.2) is 0 Å². The number of anilines is 1. The van der Waals surface area contributed by atoms with Crippen LogP contribution in [-0.2, 0) is 25.7 Å². The van der Waals surface area contributed by atoms with Gasteiger partial charge in [0.1, 0.15) is 12.4 Å². The molecule has 3 atom stereocenters. The number of carboxylic acids is 1. The number of aryl methyl sites for hydroxylation is 1. The lowest BCUT2D eigenvalue weighted by Crippen LogP contribution is -2.38. The van der Waals surface area contributed by atoms with E-state index in [0.29, 0.717) is 30.9 Å². The highest BCUT2D eigenvalue weighted by Crippen LogP contribution is 2.37. The molecule has 0 spiro atoms. The van der Waals surface area contributed by atoms with Crippen molar-refractivity contribution in [1.82, 2.24) is 4.98 Å². The highest BCUT2D eigenvalue weighted by molar-refractivity contribution is 5.95. The van der Waals surface area contributed by atoms with Gasteiger partial charge in [-0.3, -0.25) is 19.4 Å². The zero-order valence-electron chi connectivity index (χ0n) is 20.4. The molecular formula is C28H30N2O6. The predicted molar refractivity (Wildman–Crippen MR) is 134 cm³/mol. The number of ether oxygens (including phenoxy) is 2.